The Labute approximate surface area is 125 Å². The molecular weight excluding hydrogens is 354 g/mol. The van der Waals surface area contributed by atoms with Crippen LogP contribution in [0.25, 0.3) is 0 Å². The van der Waals surface area contributed by atoms with Gasteiger partial charge in [-0.05, 0) is 48.3 Å². The average Bonchev–Trinajstić information content (AvgIpc) is 2.37. The molecule has 0 bridgehead atoms. The maximum Gasteiger partial charge on any atom is 0.0991 e. The number of allylic oxidation sites excluding steroid dienone is 2. The smallest absolute Gasteiger partial charge is 0.0991 e. The van der Waals surface area contributed by atoms with Crippen LogP contribution in [0.5, 0.6) is 0 Å². The molecule has 0 spiro atoms. The molecule has 1 aromatic carbocycles. The molecule has 1 nitrogen and oxygen atoms in total. The molecule has 0 atom stereocenters. The van der Waals surface area contributed by atoms with E-state index in [0.29, 0.717) is 10.9 Å². The first-order chi connectivity index (χ1) is 8.69. The molecule has 0 saturated carbocycles. The minimum Gasteiger partial charge on any atom is -0.192 e. The molecule has 0 aliphatic heterocycles. The summed E-state index contributed by atoms with van der Waals surface area (Å²) in [6.07, 6.45) is 2.75. The quantitative estimate of drug-likeness (QED) is 0.582. The minimum atomic E-state index is 0.683. The fourth-order valence-corrected chi connectivity index (χ4v) is 2.14. The molecule has 0 saturated heterocycles. The van der Waals surface area contributed by atoms with E-state index < -0.39 is 0 Å². The van der Waals surface area contributed by atoms with E-state index in [1.807, 2.05) is 25.1 Å². The molecule has 92 valence electrons. The minimum absolute atomic E-state index is 0.683. The van der Waals surface area contributed by atoms with Crippen LogP contribution in [0.15, 0.2) is 29.8 Å². The average molecular weight is 367 g/mol. The molecule has 0 N–H and O–H groups in total. The summed E-state index contributed by atoms with van der Waals surface area (Å²) in [5.41, 5.74) is 4.19. The van der Waals surface area contributed by atoms with Gasteiger partial charge in [0.15, 0.2) is 0 Å². The number of nitriles is 1. The van der Waals surface area contributed by atoms with Crippen LogP contribution < -0.4 is 0 Å². The topological polar surface area (TPSA) is 23.8 Å². The van der Waals surface area contributed by atoms with Crippen LogP contribution in [0.4, 0.5) is 0 Å². The lowest BCUT2D eigenvalue weighted by molar-refractivity contribution is 1.15. The third-order valence-corrected chi connectivity index (χ3v) is 3.31. The van der Waals surface area contributed by atoms with Gasteiger partial charge in [0.1, 0.15) is 0 Å². The maximum absolute atomic E-state index is 8.95. The van der Waals surface area contributed by atoms with E-state index in [1.165, 1.54) is 5.57 Å². The van der Waals surface area contributed by atoms with E-state index in [4.69, 9.17) is 5.26 Å². The van der Waals surface area contributed by atoms with Gasteiger partial charge in [-0.3, -0.25) is 0 Å². The molecule has 0 fully saturated rings. The van der Waals surface area contributed by atoms with Crippen molar-refractivity contribution in [1.29, 1.82) is 5.26 Å². The van der Waals surface area contributed by atoms with Crippen molar-refractivity contribution in [1.82, 2.24) is 0 Å². The van der Waals surface area contributed by atoms with Crippen molar-refractivity contribution in [2.45, 2.75) is 13.3 Å². The van der Waals surface area contributed by atoms with Crippen LogP contribution in [-0.4, -0.2) is 10.7 Å². The fraction of sp³-hybridized carbons (Fsp3) is 0.267. The molecule has 3 heteroatoms. The predicted molar refractivity (Wildman–Crippen MR) is 83.0 cm³/mol. The van der Waals surface area contributed by atoms with Crippen molar-refractivity contribution >= 4 is 31.9 Å². The van der Waals surface area contributed by atoms with Gasteiger partial charge < -0.3 is 0 Å². The highest BCUT2D eigenvalue weighted by Gasteiger charge is 2.01. The van der Waals surface area contributed by atoms with Gasteiger partial charge in [0, 0.05) is 5.33 Å². The zero-order valence-corrected chi connectivity index (χ0v) is 13.3. The molecule has 0 aliphatic carbocycles. The summed E-state index contributed by atoms with van der Waals surface area (Å²) in [4.78, 5) is 0. The van der Waals surface area contributed by atoms with Gasteiger partial charge in [-0.1, -0.05) is 49.8 Å². The molecule has 0 radical (unpaired) electrons. The summed E-state index contributed by atoms with van der Waals surface area (Å²) >= 11 is 6.73. The first-order valence-corrected chi connectivity index (χ1v) is 7.72. The molecule has 0 aliphatic rings. The zero-order valence-electron chi connectivity index (χ0n) is 10.1. The van der Waals surface area contributed by atoms with Gasteiger partial charge in [0.25, 0.3) is 0 Å². The Morgan fingerprint density at radius 1 is 1.33 bits per heavy atom. The van der Waals surface area contributed by atoms with Gasteiger partial charge in [0.2, 0.25) is 0 Å². The predicted octanol–water partition coefficient (Wildman–Crippen LogP) is 4.13. The summed E-state index contributed by atoms with van der Waals surface area (Å²) in [7, 11) is 0. The molecule has 0 unspecified atom stereocenters. The van der Waals surface area contributed by atoms with Crippen LogP contribution in [0.3, 0.4) is 0 Å². The van der Waals surface area contributed by atoms with Gasteiger partial charge >= 0.3 is 0 Å². The Bertz CT molecular complexity index is 542. The normalized spacial score (nSPS) is 10.4. The van der Waals surface area contributed by atoms with Crippen LogP contribution in [0, 0.1) is 30.1 Å². The van der Waals surface area contributed by atoms with Crippen molar-refractivity contribution in [2.75, 3.05) is 10.7 Å². The van der Waals surface area contributed by atoms with E-state index >= 15 is 0 Å². The van der Waals surface area contributed by atoms with Crippen molar-refractivity contribution in [2.24, 2.45) is 0 Å². The molecule has 0 heterocycles. The molecule has 18 heavy (non-hydrogen) atoms. The Hall–Kier alpha value is -1.03. The van der Waals surface area contributed by atoms with Gasteiger partial charge in [-0.15, -0.1) is 0 Å². The van der Waals surface area contributed by atoms with Gasteiger partial charge in [-0.2, -0.15) is 5.26 Å². The fourth-order valence-electron chi connectivity index (χ4n) is 1.62. The Morgan fingerprint density at radius 3 is 2.72 bits per heavy atom. The highest BCUT2D eigenvalue weighted by Crippen LogP contribution is 2.14. The molecule has 0 aromatic heterocycles. The lowest BCUT2D eigenvalue weighted by Gasteiger charge is -2.05. The number of rotatable bonds is 3. The number of benzene rings is 1. The van der Waals surface area contributed by atoms with Crippen molar-refractivity contribution in [3.8, 4) is 17.9 Å². The van der Waals surface area contributed by atoms with Crippen LogP contribution in [-0.2, 0) is 6.42 Å². The summed E-state index contributed by atoms with van der Waals surface area (Å²) in [5, 5.41) is 10.4. The van der Waals surface area contributed by atoms with E-state index in [-0.39, 0.29) is 0 Å². The molecule has 1 rings (SSSR count). The largest absolute Gasteiger partial charge is 0.192 e. The number of alkyl halides is 2. The first-order valence-electron chi connectivity index (χ1n) is 5.48. The van der Waals surface area contributed by atoms with Gasteiger partial charge in [-0.25, -0.2) is 0 Å². The van der Waals surface area contributed by atoms with E-state index in [1.54, 1.807) is 0 Å². The van der Waals surface area contributed by atoms with Gasteiger partial charge in [0.05, 0.1) is 17.0 Å². The monoisotopic (exact) mass is 365 g/mol. The van der Waals surface area contributed by atoms with Crippen molar-refractivity contribution in [3.63, 3.8) is 0 Å². The maximum atomic E-state index is 8.95. The molecule has 0 amide bonds. The van der Waals surface area contributed by atoms with Crippen LogP contribution >= 0.6 is 31.9 Å². The Balaban J connectivity index is 2.92. The number of hydrogen-bond acceptors (Lipinski definition) is 1. The number of aryl methyl sites for hydroxylation is 1. The summed E-state index contributed by atoms with van der Waals surface area (Å²) < 4.78 is 0. The molecule has 1 aromatic rings. The Kier molecular flexibility index (Phi) is 6.80. The van der Waals surface area contributed by atoms with E-state index in [9.17, 15) is 0 Å². The highest BCUT2D eigenvalue weighted by molar-refractivity contribution is 9.09. The second-order valence-corrected chi connectivity index (χ2v) is 5.01. The lowest BCUT2D eigenvalue weighted by Crippen LogP contribution is -1.94. The third kappa shape index (κ3) is 5.08. The Morgan fingerprint density at radius 2 is 2.11 bits per heavy atom. The number of halogens is 2. The SMILES string of the molecule is Cc1cc(C#N)cc(C/C(=C\C#CCBr)CBr)c1. The van der Waals surface area contributed by atoms with Crippen molar-refractivity contribution in [3.05, 3.63) is 46.5 Å². The second kappa shape index (κ2) is 8.14. The van der Waals surface area contributed by atoms with Crippen LogP contribution in [0.2, 0.25) is 0 Å². The van der Waals surface area contributed by atoms with E-state index in [0.717, 1.165) is 22.9 Å². The summed E-state index contributed by atoms with van der Waals surface area (Å²) in [6, 6.07) is 8.12. The van der Waals surface area contributed by atoms with Crippen molar-refractivity contribution < 1.29 is 0 Å². The lowest BCUT2D eigenvalue weighted by atomic mass is 10.0. The first kappa shape index (κ1) is 15.0. The highest BCUT2D eigenvalue weighted by atomic mass is 79.9. The summed E-state index contributed by atoms with van der Waals surface area (Å²) in [5.74, 6) is 5.95. The molecular formula is C15H13Br2N. The van der Waals surface area contributed by atoms with E-state index in [2.05, 4.69) is 55.8 Å². The number of nitrogens with zero attached hydrogens (tertiary/aromatic N) is 1. The standard InChI is InChI=1S/C15H13Br2N/c1-12-6-14(9-15(7-12)11-18)8-13(10-17)4-2-3-5-16/h4,6-7,9H,5,8,10H2,1H3/b13-4+. The number of hydrogen-bond donors (Lipinski definition) is 0. The zero-order chi connectivity index (χ0) is 13.4. The summed E-state index contributed by atoms with van der Waals surface area (Å²) in [6.45, 7) is 2.01. The van der Waals surface area contributed by atoms with Crippen LogP contribution in [0.1, 0.15) is 16.7 Å². The second-order valence-electron chi connectivity index (χ2n) is 3.89. The third-order valence-electron chi connectivity index (χ3n) is 2.31.